The number of halogens is 1. The Morgan fingerprint density at radius 3 is 2.60 bits per heavy atom. The summed E-state index contributed by atoms with van der Waals surface area (Å²) < 4.78 is 10.5. The molecule has 0 aliphatic carbocycles. The van der Waals surface area contributed by atoms with E-state index in [4.69, 9.17) is 9.47 Å². The third-order valence-electron chi connectivity index (χ3n) is 3.65. The van der Waals surface area contributed by atoms with E-state index in [1.807, 2.05) is 18.2 Å². The molecule has 0 heterocycles. The summed E-state index contributed by atoms with van der Waals surface area (Å²) in [5, 5.41) is 6.66. The molecule has 144 valence electrons. The van der Waals surface area contributed by atoms with Gasteiger partial charge in [0.15, 0.2) is 5.96 Å². The van der Waals surface area contributed by atoms with Gasteiger partial charge in [0, 0.05) is 33.3 Å². The van der Waals surface area contributed by atoms with E-state index in [2.05, 4.69) is 40.6 Å². The molecule has 0 saturated carbocycles. The topological polar surface area (TPSA) is 58.1 Å². The zero-order valence-corrected chi connectivity index (χ0v) is 18.2. The lowest BCUT2D eigenvalue weighted by Crippen LogP contribution is -2.39. The van der Waals surface area contributed by atoms with E-state index < -0.39 is 0 Å². The van der Waals surface area contributed by atoms with Gasteiger partial charge in [-0.1, -0.05) is 18.2 Å². The summed E-state index contributed by atoms with van der Waals surface area (Å²) >= 11 is 0. The fourth-order valence-corrected chi connectivity index (χ4v) is 2.26. The van der Waals surface area contributed by atoms with E-state index >= 15 is 0 Å². The van der Waals surface area contributed by atoms with Crippen molar-refractivity contribution in [1.29, 1.82) is 0 Å². The van der Waals surface area contributed by atoms with Crippen molar-refractivity contribution in [1.82, 2.24) is 15.5 Å². The molecule has 1 aromatic rings. The van der Waals surface area contributed by atoms with Crippen molar-refractivity contribution < 1.29 is 9.47 Å². The molecule has 0 radical (unpaired) electrons. The number of aliphatic imine (C=N–C) groups is 1. The first-order valence-corrected chi connectivity index (χ1v) is 8.52. The van der Waals surface area contributed by atoms with Gasteiger partial charge < -0.3 is 25.0 Å². The minimum atomic E-state index is 0. The van der Waals surface area contributed by atoms with Crippen molar-refractivity contribution in [2.24, 2.45) is 4.99 Å². The number of guanidine groups is 1. The Bertz CT molecular complexity index is 486. The van der Waals surface area contributed by atoms with Gasteiger partial charge in [-0.05, 0) is 32.0 Å². The molecule has 0 aliphatic rings. The van der Waals surface area contributed by atoms with Crippen LogP contribution in [0.4, 0.5) is 0 Å². The van der Waals surface area contributed by atoms with Crippen molar-refractivity contribution in [2.45, 2.75) is 13.3 Å². The van der Waals surface area contributed by atoms with E-state index in [-0.39, 0.29) is 24.0 Å². The van der Waals surface area contributed by atoms with Crippen LogP contribution in [0.15, 0.2) is 29.3 Å². The van der Waals surface area contributed by atoms with Gasteiger partial charge in [-0.3, -0.25) is 4.99 Å². The number of hydrogen-bond donors (Lipinski definition) is 2. The molecular formula is C18H33IN4O2. The number of nitrogens with one attached hydrogen (secondary N) is 2. The molecule has 0 saturated heterocycles. The highest BCUT2D eigenvalue weighted by molar-refractivity contribution is 14.0. The number of likely N-dealkylation sites (N-methyl/N-ethyl adjacent to an activating group) is 1. The molecule has 0 fully saturated rings. The van der Waals surface area contributed by atoms with E-state index in [1.165, 1.54) is 5.56 Å². The van der Waals surface area contributed by atoms with Gasteiger partial charge in [0.1, 0.15) is 5.75 Å². The molecule has 25 heavy (non-hydrogen) atoms. The molecule has 0 aliphatic heterocycles. The first-order valence-electron chi connectivity index (χ1n) is 8.52. The van der Waals surface area contributed by atoms with Crippen molar-refractivity contribution in [3.05, 3.63) is 29.8 Å². The van der Waals surface area contributed by atoms with Gasteiger partial charge in [-0.15, -0.1) is 24.0 Å². The predicted molar refractivity (Wildman–Crippen MR) is 115 cm³/mol. The number of ether oxygens (including phenoxy) is 2. The van der Waals surface area contributed by atoms with Crippen molar-refractivity contribution in [2.75, 3.05) is 60.6 Å². The van der Waals surface area contributed by atoms with Crippen molar-refractivity contribution in [3.63, 3.8) is 0 Å². The predicted octanol–water partition coefficient (Wildman–Crippen LogP) is 1.99. The molecule has 2 N–H and O–H groups in total. The molecule has 0 spiro atoms. The zero-order chi connectivity index (χ0) is 17.6. The number of nitrogens with zero attached hydrogens (tertiary/aromatic N) is 2. The highest BCUT2D eigenvalue weighted by atomic mass is 127. The zero-order valence-electron chi connectivity index (χ0n) is 15.9. The normalized spacial score (nSPS) is 11.2. The van der Waals surface area contributed by atoms with Gasteiger partial charge >= 0.3 is 0 Å². The van der Waals surface area contributed by atoms with Crippen LogP contribution >= 0.6 is 24.0 Å². The Morgan fingerprint density at radius 1 is 1.16 bits per heavy atom. The smallest absolute Gasteiger partial charge is 0.191 e. The molecule has 0 unspecified atom stereocenters. The average molecular weight is 464 g/mol. The second-order valence-corrected chi connectivity index (χ2v) is 5.55. The molecule has 6 nitrogen and oxygen atoms in total. The SMILES string of the molecule is CCNC(=NCCN(C)CCOC)NCCc1ccccc1OC.I. The number of benzene rings is 1. The highest BCUT2D eigenvalue weighted by Crippen LogP contribution is 2.17. The van der Waals surface area contributed by atoms with Crippen LogP contribution in [-0.4, -0.2) is 71.5 Å². The monoisotopic (exact) mass is 464 g/mol. The van der Waals surface area contributed by atoms with Gasteiger partial charge in [0.2, 0.25) is 0 Å². The maximum absolute atomic E-state index is 5.38. The van der Waals surface area contributed by atoms with Crippen LogP contribution < -0.4 is 15.4 Å². The second kappa shape index (κ2) is 15.2. The number of methoxy groups -OCH3 is 2. The molecule has 0 atom stereocenters. The Kier molecular flexibility index (Phi) is 14.6. The van der Waals surface area contributed by atoms with Crippen LogP contribution in [0.25, 0.3) is 0 Å². The maximum Gasteiger partial charge on any atom is 0.191 e. The quantitative estimate of drug-likeness (QED) is 0.298. The van der Waals surface area contributed by atoms with Gasteiger partial charge in [-0.25, -0.2) is 0 Å². The Balaban J connectivity index is 0.00000576. The lowest BCUT2D eigenvalue weighted by Gasteiger charge is -2.16. The van der Waals surface area contributed by atoms with Crippen LogP contribution in [0.1, 0.15) is 12.5 Å². The summed E-state index contributed by atoms with van der Waals surface area (Å²) in [6.45, 7) is 7.06. The number of rotatable bonds is 11. The summed E-state index contributed by atoms with van der Waals surface area (Å²) in [6.07, 6.45) is 0.891. The minimum absolute atomic E-state index is 0. The van der Waals surface area contributed by atoms with E-state index in [0.717, 1.165) is 57.5 Å². The van der Waals surface area contributed by atoms with Gasteiger partial charge in [-0.2, -0.15) is 0 Å². The van der Waals surface area contributed by atoms with E-state index in [1.54, 1.807) is 14.2 Å². The molecule has 7 heteroatoms. The van der Waals surface area contributed by atoms with Gasteiger partial charge in [0.05, 0.1) is 20.3 Å². The summed E-state index contributed by atoms with van der Waals surface area (Å²) in [5.74, 6) is 1.79. The fourth-order valence-electron chi connectivity index (χ4n) is 2.26. The van der Waals surface area contributed by atoms with E-state index in [9.17, 15) is 0 Å². The molecule has 1 aromatic carbocycles. The lowest BCUT2D eigenvalue weighted by atomic mass is 10.1. The summed E-state index contributed by atoms with van der Waals surface area (Å²) in [5.41, 5.74) is 1.20. The molecule has 0 bridgehead atoms. The average Bonchev–Trinajstić information content (AvgIpc) is 2.60. The molecule has 0 amide bonds. The highest BCUT2D eigenvalue weighted by Gasteiger charge is 2.03. The molecule has 0 aromatic heterocycles. The lowest BCUT2D eigenvalue weighted by molar-refractivity contribution is 0.163. The molecule has 1 rings (SSSR count). The fraction of sp³-hybridized carbons (Fsp3) is 0.611. The van der Waals surface area contributed by atoms with Crippen LogP contribution in [0.5, 0.6) is 5.75 Å². The first kappa shape index (κ1) is 23.9. The Morgan fingerprint density at radius 2 is 1.92 bits per heavy atom. The van der Waals surface area contributed by atoms with Crippen molar-refractivity contribution in [3.8, 4) is 5.75 Å². The summed E-state index contributed by atoms with van der Waals surface area (Å²) in [6, 6.07) is 8.11. The van der Waals surface area contributed by atoms with Crippen LogP contribution in [0.2, 0.25) is 0 Å². The van der Waals surface area contributed by atoms with E-state index in [0.29, 0.717) is 0 Å². The van der Waals surface area contributed by atoms with Crippen LogP contribution in [0, 0.1) is 0 Å². The third-order valence-corrected chi connectivity index (χ3v) is 3.65. The van der Waals surface area contributed by atoms with Crippen molar-refractivity contribution >= 4 is 29.9 Å². The second-order valence-electron chi connectivity index (χ2n) is 5.55. The largest absolute Gasteiger partial charge is 0.496 e. The Hall–Kier alpha value is -1.06. The first-order chi connectivity index (χ1) is 11.7. The maximum atomic E-state index is 5.38. The third kappa shape index (κ3) is 10.5. The van der Waals surface area contributed by atoms with Crippen LogP contribution in [0.3, 0.4) is 0 Å². The number of para-hydroxylation sites is 1. The minimum Gasteiger partial charge on any atom is -0.496 e. The molecular weight excluding hydrogens is 431 g/mol. The van der Waals surface area contributed by atoms with Gasteiger partial charge in [0.25, 0.3) is 0 Å². The summed E-state index contributed by atoms with van der Waals surface area (Å²) in [4.78, 5) is 6.83. The standard InChI is InChI=1S/C18H32N4O2.HI/c1-5-19-18(21-12-13-22(2)14-15-23-3)20-11-10-16-8-6-7-9-17(16)24-4;/h6-9H,5,10-15H2,1-4H3,(H2,19,20,21);1H. The van der Waals surface area contributed by atoms with Crippen LogP contribution in [-0.2, 0) is 11.2 Å². The summed E-state index contributed by atoms with van der Waals surface area (Å²) in [7, 11) is 5.51. The Labute approximate surface area is 169 Å². The number of hydrogen-bond acceptors (Lipinski definition) is 4.